The second-order valence-corrected chi connectivity index (χ2v) is 5.25. The van der Waals surface area contributed by atoms with Gasteiger partial charge < -0.3 is 10.5 Å². The Bertz CT molecular complexity index is 625. The lowest BCUT2D eigenvalue weighted by molar-refractivity contribution is 0.135. The number of fused-ring (bicyclic) bond motifs is 1. The molecule has 106 valence electrons. The predicted octanol–water partition coefficient (Wildman–Crippen LogP) is 3.16. The van der Waals surface area contributed by atoms with E-state index < -0.39 is 11.6 Å². The van der Waals surface area contributed by atoms with Crippen molar-refractivity contribution in [2.45, 2.75) is 37.8 Å². The van der Waals surface area contributed by atoms with Gasteiger partial charge in [0.15, 0.2) is 17.4 Å². The van der Waals surface area contributed by atoms with Crippen molar-refractivity contribution in [2.75, 3.05) is 0 Å². The smallest absolute Gasteiger partial charge is 0.191 e. The summed E-state index contributed by atoms with van der Waals surface area (Å²) in [6.45, 7) is 0. The van der Waals surface area contributed by atoms with Gasteiger partial charge in [-0.3, -0.25) is 4.98 Å². The number of hydrogen-bond acceptors (Lipinski definition) is 3. The first-order valence-corrected chi connectivity index (χ1v) is 6.79. The van der Waals surface area contributed by atoms with E-state index in [0.717, 1.165) is 25.7 Å². The molecular formula is C15H16F2N2O. The van der Waals surface area contributed by atoms with Gasteiger partial charge >= 0.3 is 0 Å². The molecule has 5 heteroatoms. The number of pyridine rings is 1. The zero-order chi connectivity index (χ0) is 14.1. The van der Waals surface area contributed by atoms with Crippen LogP contribution < -0.4 is 10.5 Å². The number of halogens is 2. The number of nitrogens with zero attached hydrogens (tertiary/aromatic N) is 1. The van der Waals surface area contributed by atoms with E-state index in [1.165, 1.54) is 24.5 Å². The van der Waals surface area contributed by atoms with Crippen LogP contribution in [0.25, 0.3) is 10.8 Å². The number of nitrogens with two attached hydrogens (primary N) is 1. The van der Waals surface area contributed by atoms with E-state index in [0.29, 0.717) is 10.8 Å². The van der Waals surface area contributed by atoms with E-state index in [-0.39, 0.29) is 17.9 Å². The highest BCUT2D eigenvalue weighted by atomic mass is 19.1. The summed E-state index contributed by atoms with van der Waals surface area (Å²) in [5.41, 5.74) is 5.81. The van der Waals surface area contributed by atoms with Gasteiger partial charge in [0, 0.05) is 29.2 Å². The highest BCUT2D eigenvalue weighted by Gasteiger charge is 2.23. The van der Waals surface area contributed by atoms with Gasteiger partial charge in [-0.1, -0.05) is 0 Å². The van der Waals surface area contributed by atoms with Crippen molar-refractivity contribution in [1.29, 1.82) is 0 Å². The quantitative estimate of drug-likeness (QED) is 0.918. The van der Waals surface area contributed by atoms with Gasteiger partial charge in [-0.25, -0.2) is 8.78 Å². The molecule has 0 atom stereocenters. The third-order valence-electron chi connectivity index (χ3n) is 3.79. The highest BCUT2D eigenvalue weighted by Crippen LogP contribution is 2.32. The third kappa shape index (κ3) is 2.45. The molecule has 2 aromatic rings. The van der Waals surface area contributed by atoms with Crippen LogP contribution in [-0.4, -0.2) is 17.1 Å². The van der Waals surface area contributed by atoms with Crippen molar-refractivity contribution < 1.29 is 13.5 Å². The van der Waals surface area contributed by atoms with E-state index in [9.17, 15) is 8.78 Å². The van der Waals surface area contributed by atoms with Crippen molar-refractivity contribution in [1.82, 2.24) is 4.98 Å². The predicted molar refractivity (Wildman–Crippen MR) is 72.5 cm³/mol. The van der Waals surface area contributed by atoms with Crippen LogP contribution in [0.4, 0.5) is 8.78 Å². The van der Waals surface area contributed by atoms with Gasteiger partial charge in [-0.05, 0) is 37.8 Å². The summed E-state index contributed by atoms with van der Waals surface area (Å²) in [6.07, 6.45) is 5.86. The summed E-state index contributed by atoms with van der Waals surface area (Å²) in [7, 11) is 0. The summed E-state index contributed by atoms with van der Waals surface area (Å²) in [6, 6.07) is 2.95. The van der Waals surface area contributed by atoms with E-state index in [2.05, 4.69) is 4.98 Å². The fourth-order valence-electron chi connectivity index (χ4n) is 2.63. The maximum atomic E-state index is 14.3. The Morgan fingerprint density at radius 3 is 2.70 bits per heavy atom. The minimum Gasteiger partial charge on any atom is -0.484 e. The average Bonchev–Trinajstić information content (AvgIpc) is 2.45. The largest absolute Gasteiger partial charge is 0.484 e. The molecule has 0 saturated heterocycles. The Morgan fingerprint density at radius 1 is 1.20 bits per heavy atom. The minimum atomic E-state index is -0.683. The monoisotopic (exact) mass is 278 g/mol. The Balaban J connectivity index is 1.91. The number of benzene rings is 1. The summed E-state index contributed by atoms with van der Waals surface area (Å²) in [4.78, 5) is 3.86. The van der Waals surface area contributed by atoms with Crippen LogP contribution in [0, 0.1) is 11.6 Å². The summed E-state index contributed by atoms with van der Waals surface area (Å²) in [5, 5.41) is 0.754. The molecule has 1 aliphatic rings. The standard InChI is InChI=1S/C15H16F2N2O/c16-13-7-9-8-19-6-5-12(9)14(17)15(13)20-11-3-1-10(18)2-4-11/h5-8,10-11H,1-4,18H2/t10-,11+. The first-order chi connectivity index (χ1) is 9.65. The van der Waals surface area contributed by atoms with Crippen LogP contribution in [0.2, 0.25) is 0 Å². The molecule has 0 aliphatic heterocycles. The SMILES string of the molecule is N[C@H]1CC[C@@H](Oc2c(F)cc3cnccc3c2F)CC1. The zero-order valence-electron chi connectivity index (χ0n) is 11.0. The van der Waals surface area contributed by atoms with E-state index in [1.54, 1.807) is 0 Å². The number of aromatic nitrogens is 1. The molecule has 1 aromatic carbocycles. The van der Waals surface area contributed by atoms with Crippen LogP contribution in [0.5, 0.6) is 5.75 Å². The maximum Gasteiger partial charge on any atom is 0.191 e. The molecule has 0 spiro atoms. The molecule has 0 amide bonds. The molecule has 3 nitrogen and oxygen atoms in total. The normalized spacial score (nSPS) is 22.9. The van der Waals surface area contributed by atoms with Crippen molar-refractivity contribution in [3.63, 3.8) is 0 Å². The first-order valence-electron chi connectivity index (χ1n) is 6.79. The van der Waals surface area contributed by atoms with Gasteiger partial charge in [-0.15, -0.1) is 0 Å². The molecule has 1 saturated carbocycles. The Kier molecular flexibility index (Phi) is 3.53. The first kappa shape index (κ1) is 13.2. The number of ether oxygens (including phenoxy) is 1. The van der Waals surface area contributed by atoms with Crippen LogP contribution in [0.15, 0.2) is 24.5 Å². The molecule has 3 rings (SSSR count). The highest BCUT2D eigenvalue weighted by molar-refractivity contribution is 5.83. The molecule has 1 fully saturated rings. The van der Waals surface area contributed by atoms with Crippen molar-refractivity contribution in [3.8, 4) is 5.75 Å². The van der Waals surface area contributed by atoms with Crippen molar-refractivity contribution >= 4 is 10.8 Å². The molecule has 0 radical (unpaired) electrons. The van der Waals surface area contributed by atoms with Crippen molar-refractivity contribution in [3.05, 3.63) is 36.2 Å². The number of hydrogen-bond donors (Lipinski definition) is 1. The Hall–Kier alpha value is -1.75. The average molecular weight is 278 g/mol. The van der Waals surface area contributed by atoms with Gasteiger partial charge in [0.1, 0.15) is 0 Å². The molecule has 1 aliphatic carbocycles. The Morgan fingerprint density at radius 2 is 1.95 bits per heavy atom. The van der Waals surface area contributed by atoms with E-state index >= 15 is 0 Å². The molecular weight excluding hydrogens is 262 g/mol. The van der Waals surface area contributed by atoms with E-state index in [1.807, 2.05) is 0 Å². The van der Waals surface area contributed by atoms with Gasteiger partial charge in [0.25, 0.3) is 0 Å². The van der Waals surface area contributed by atoms with Crippen LogP contribution >= 0.6 is 0 Å². The van der Waals surface area contributed by atoms with Crippen LogP contribution in [0.3, 0.4) is 0 Å². The third-order valence-corrected chi connectivity index (χ3v) is 3.79. The fourth-order valence-corrected chi connectivity index (χ4v) is 2.63. The molecule has 0 bridgehead atoms. The van der Waals surface area contributed by atoms with Gasteiger partial charge in [-0.2, -0.15) is 0 Å². The van der Waals surface area contributed by atoms with Gasteiger partial charge in [0.05, 0.1) is 6.10 Å². The maximum absolute atomic E-state index is 14.3. The van der Waals surface area contributed by atoms with Gasteiger partial charge in [0.2, 0.25) is 0 Å². The van der Waals surface area contributed by atoms with Crippen LogP contribution in [-0.2, 0) is 0 Å². The summed E-state index contributed by atoms with van der Waals surface area (Å²) in [5.74, 6) is -1.63. The van der Waals surface area contributed by atoms with Crippen LogP contribution in [0.1, 0.15) is 25.7 Å². The summed E-state index contributed by atoms with van der Waals surface area (Å²) >= 11 is 0. The lowest BCUT2D eigenvalue weighted by Crippen LogP contribution is -2.32. The number of rotatable bonds is 2. The second kappa shape index (κ2) is 5.32. The lowest BCUT2D eigenvalue weighted by atomic mass is 9.93. The fraction of sp³-hybridized carbons (Fsp3) is 0.400. The topological polar surface area (TPSA) is 48.1 Å². The molecule has 20 heavy (non-hydrogen) atoms. The molecule has 1 aromatic heterocycles. The minimum absolute atomic E-state index is 0.168. The Labute approximate surface area is 115 Å². The van der Waals surface area contributed by atoms with Crippen molar-refractivity contribution in [2.24, 2.45) is 5.73 Å². The zero-order valence-corrected chi connectivity index (χ0v) is 11.0. The molecule has 2 N–H and O–H groups in total. The summed E-state index contributed by atoms with van der Waals surface area (Å²) < 4.78 is 33.9. The van der Waals surface area contributed by atoms with E-state index in [4.69, 9.17) is 10.5 Å². The lowest BCUT2D eigenvalue weighted by Gasteiger charge is -2.27. The second-order valence-electron chi connectivity index (χ2n) is 5.25. The molecule has 1 heterocycles. The molecule has 0 unspecified atom stereocenters.